The second-order valence-electron chi connectivity index (χ2n) is 10.7. The zero-order chi connectivity index (χ0) is 24.4. The lowest BCUT2D eigenvalue weighted by Gasteiger charge is -2.50. The van der Waals surface area contributed by atoms with Crippen molar-refractivity contribution >= 4 is 33.9 Å². The quantitative estimate of drug-likeness (QED) is 0.337. The van der Waals surface area contributed by atoms with E-state index in [1.807, 2.05) is 37.3 Å². The lowest BCUT2D eigenvalue weighted by Crippen LogP contribution is -2.51. The minimum Gasteiger partial charge on any atom is -0.458 e. The molecule has 2 heterocycles. The number of para-hydroxylation sites is 2. The molecular weight excluding hydrogens is 454 g/mol. The molecule has 6 rings (SSSR count). The Hall–Kier alpha value is -2.44. The highest BCUT2D eigenvalue weighted by Crippen LogP contribution is 2.53. The molecule has 0 amide bonds. The topological polar surface area (TPSA) is 58.2 Å². The molecule has 6 heteroatoms. The number of hydrogen-bond acceptors (Lipinski definition) is 5. The molecule has 0 saturated heterocycles. The van der Waals surface area contributed by atoms with Gasteiger partial charge in [0.05, 0.1) is 17.0 Å². The fourth-order valence-electron chi connectivity index (χ4n) is 5.80. The van der Waals surface area contributed by atoms with Crippen molar-refractivity contribution in [1.82, 2.24) is 14.9 Å². The van der Waals surface area contributed by atoms with E-state index in [1.165, 1.54) is 16.9 Å². The molecule has 0 radical (unpaired) electrons. The molecule has 2 bridgehead atoms. The Bertz CT molecular complexity index is 1150. The first-order chi connectivity index (χ1) is 16.9. The Morgan fingerprint density at radius 2 is 2.09 bits per heavy atom. The molecule has 1 fully saturated rings. The van der Waals surface area contributed by atoms with Gasteiger partial charge >= 0.3 is 5.97 Å². The number of nitrogens with zero attached hydrogens (tertiary/aromatic N) is 2. The summed E-state index contributed by atoms with van der Waals surface area (Å²) in [6.45, 7) is 5.80. The average Bonchev–Trinajstić information content (AvgIpc) is 3.53. The SMILES string of the molecule is CC(C)C(=O)O[C@]1(CCN(C)CCCc2nc3ccccc3[nH]2)C[C@@H]2CC[C@H]1C=C2c1cccs1. The van der Waals surface area contributed by atoms with E-state index in [0.717, 1.165) is 62.1 Å². The molecule has 3 aliphatic rings. The molecule has 3 aliphatic carbocycles. The van der Waals surface area contributed by atoms with E-state index in [0.29, 0.717) is 11.8 Å². The number of fused-ring (bicyclic) bond motifs is 3. The number of ether oxygens (including phenoxy) is 1. The summed E-state index contributed by atoms with van der Waals surface area (Å²) in [5, 5.41) is 2.16. The molecule has 3 atom stereocenters. The van der Waals surface area contributed by atoms with Crippen molar-refractivity contribution in [2.24, 2.45) is 17.8 Å². The van der Waals surface area contributed by atoms with Crippen LogP contribution in [-0.4, -0.2) is 46.6 Å². The molecule has 1 N–H and O–H groups in total. The first kappa shape index (κ1) is 24.3. The molecule has 2 aromatic heterocycles. The zero-order valence-corrected chi connectivity index (χ0v) is 21.9. The number of rotatable bonds is 10. The van der Waals surface area contributed by atoms with Crippen LogP contribution >= 0.6 is 11.3 Å². The van der Waals surface area contributed by atoms with Gasteiger partial charge in [-0.3, -0.25) is 4.79 Å². The van der Waals surface area contributed by atoms with Crippen LogP contribution in [0.25, 0.3) is 16.6 Å². The molecule has 1 saturated carbocycles. The summed E-state index contributed by atoms with van der Waals surface area (Å²) in [7, 11) is 2.19. The van der Waals surface area contributed by atoms with Crippen molar-refractivity contribution in [2.45, 2.75) is 58.0 Å². The number of allylic oxidation sites excluding steroid dienone is 1. The molecule has 35 heavy (non-hydrogen) atoms. The third kappa shape index (κ3) is 5.24. The maximum atomic E-state index is 12.8. The number of benzene rings is 1. The van der Waals surface area contributed by atoms with Crippen LogP contribution < -0.4 is 0 Å². The van der Waals surface area contributed by atoms with Crippen molar-refractivity contribution < 1.29 is 9.53 Å². The van der Waals surface area contributed by atoms with Gasteiger partial charge in [0, 0.05) is 30.2 Å². The summed E-state index contributed by atoms with van der Waals surface area (Å²) in [6.07, 6.45) is 8.57. The second kappa shape index (κ2) is 10.3. The molecule has 0 aliphatic heterocycles. The first-order valence-electron chi connectivity index (χ1n) is 13.0. The summed E-state index contributed by atoms with van der Waals surface area (Å²) >= 11 is 1.82. The summed E-state index contributed by atoms with van der Waals surface area (Å²) in [5.74, 6) is 1.68. The molecule has 1 aromatic carbocycles. The highest BCUT2D eigenvalue weighted by atomic mass is 32.1. The molecular formula is C29H37N3O2S. The lowest BCUT2D eigenvalue weighted by molar-refractivity contribution is -0.176. The Balaban J connectivity index is 1.22. The van der Waals surface area contributed by atoms with Crippen molar-refractivity contribution in [3.8, 4) is 0 Å². The number of nitrogens with one attached hydrogen (secondary N) is 1. The number of imidazole rings is 1. The third-order valence-electron chi connectivity index (χ3n) is 7.80. The Kier molecular flexibility index (Phi) is 7.12. The lowest BCUT2D eigenvalue weighted by atomic mass is 9.61. The minimum atomic E-state index is -0.377. The van der Waals surface area contributed by atoms with E-state index in [9.17, 15) is 4.79 Å². The predicted molar refractivity (Wildman–Crippen MR) is 143 cm³/mol. The predicted octanol–water partition coefficient (Wildman–Crippen LogP) is 6.33. The summed E-state index contributed by atoms with van der Waals surface area (Å²) in [6, 6.07) is 12.6. The zero-order valence-electron chi connectivity index (χ0n) is 21.1. The molecule has 0 spiro atoms. The third-order valence-corrected chi connectivity index (χ3v) is 8.72. The molecule has 186 valence electrons. The minimum absolute atomic E-state index is 0.0591. The van der Waals surface area contributed by atoms with Gasteiger partial charge in [-0.15, -0.1) is 11.3 Å². The maximum absolute atomic E-state index is 12.8. The van der Waals surface area contributed by atoms with Crippen LogP contribution in [0, 0.1) is 17.8 Å². The number of carbonyl (C=O) groups is 1. The van der Waals surface area contributed by atoms with Crippen molar-refractivity contribution in [1.29, 1.82) is 0 Å². The van der Waals surface area contributed by atoms with Crippen LogP contribution in [-0.2, 0) is 16.0 Å². The van der Waals surface area contributed by atoms with Gasteiger partial charge in [-0.05, 0) is 74.3 Å². The van der Waals surface area contributed by atoms with Gasteiger partial charge in [0.25, 0.3) is 0 Å². The Morgan fingerprint density at radius 3 is 2.80 bits per heavy atom. The normalized spacial score (nSPS) is 23.9. The number of aromatic amines is 1. The van der Waals surface area contributed by atoms with Crippen LogP contribution in [0.1, 0.15) is 56.7 Å². The molecule has 3 aromatic rings. The summed E-state index contributed by atoms with van der Waals surface area (Å²) < 4.78 is 6.38. The van der Waals surface area contributed by atoms with Crippen molar-refractivity contribution in [3.05, 3.63) is 58.6 Å². The monoisotopic (exact) mass is 491 g/mol. The van der Waals surface area contributed by atoms with Crippen LogP contribution in [0.2, 0.25) is 0 Å². The van der Waals surface area contributed by atoms with Crippen LogP contribution in [0.5, 0.6) is 0 Å². The number of aryl methyl sites for hydroxylation is 1. The number of aromatic nitrogens is 2. The molecule has 0 unspecified atom stereocenters. The summed E-state index contributed by atoms with van der Waals surface area (Å²) in [5.41, 5.74) is 3.24. The second-order valence-corrected chi connectivity index (χ2v) is 11.6. The summed E-state index contributed by atoms with van der Waals surface area (Å²) in [4.78, 5) is 24.7. The fraction of sp³-hybridized carbons (Fsp3) is 0.517. The highest BCUT2D eigenvalue weighted by molar-refractivity contribution is 7.11. The van der Waals surface area contributed by atoms with E-state index in [1.54, 1.807) is 0 Å². The highest BCUT2D eigenvalue weighted by Gasteiger charge is 2.50. The van der Waals surface area contributed by atoms with Gasteiger partial charge in [0.2, 0.25) is 0 Å². The number of carbonyl (C=O) groups excluding carboxylic acids is 1. The maximum Gasteiger partial charge on any atom is 0.308 e. The van der Waals surface area contributed by atoms with E-state index < -0.39 is 0 Å². The Labute approximate surface area is 212 Å². The van der Waals surface area contributed by atoms with E-state index in [2.05, 4.69) is 52.7 Å². The number of thiophene rings is 1. The van der Waals surface area contributed by atoms with Gasteiger partial charge in [-0.2, -0.15) is 0 Å². The van der Waals surface area contributed by atoms with Crippen LogP contribution in [0.4, 0.5) is 0 Å². The smallest absolute Gasteiger partial charge is 0.308 e. The largest absolute Gasteiger partial charge is 0.458 e. The van der Waals surface area contributed by atoms with E-state index >= 15 is 0 Å². The Morgan fingerprint density at radius 1 is 1.23 bits per heavy atom. The van der Waals surface area contributed by atoms with Gasteiger partial charge in [0.1, 0.15) is 11.4 Å². The first-order valence-corrected chi connectivity index (χ1v) is 13.9. The van der Waals surface area contributed by atoms with Crippen LogP contribution in [0.15, 0.2) is 47.9 Å². The number of esters is 1. The van der Waals surface area contributed by atoms with Gasteiger partial charge in [-0.25, -0.2) is 4.98 Å². The number of H-pyrrole nitrogens is 1. The van der Waals surface area contributed by atoms with Gasteiger partial charge < -0.3 is 14.6 Å². The van der Waals surface area contributed by atoms with E-state index in [-0.39, 0.29) is 17.5 Å². The van der Waals surface area contributed by atoms with Crippen LogP contribution in [0.3, 0.4) is 0 Å². The van der Waals surface area contributed by atoms with Crippen molar-refractivity contribution in [2.75, 3.05) is 20.1 Å². The molecule has 5 nitrogen and oxygen atoms in total. The van der Waals surface area contributed by atoms with Gasteiger partial charge in [0.15, 0.2) is 0 Å². The van der Waals surface area contributed by atoms with Gasteiger partial charge in [-0.1, -0.05) is 38.1 Å². The number of hydrogen-bond donors (Lipinski definition) is 1. The standard InChI is InChI=1S/C29H37N3O2S/c1-20(2)28(33)34-29(19-21-12-13-22(29)18-23(21)26-10-7-17-35-26)14-16-32(3)15-6-11-27-30-24-8-4-5-9-25(24)31-27/h4-5,7-10,17-18,20-22H,6,11-16,19H2,1-3H3,(H,30,31)/t21-,22-,29+/m0/s1. The fourth-order valence-corrected chi connectivity index (χ4v) is 6.63. The van der Waals surface area contributed by atoms with E-state index in [4.69, 9.17) is 9.72 Å². The van der Waals surface area contributed by atoms with Crippen molar-refractivity contribution in [3.63, 3.8) is 0 Å². The average molecular weight is 492 g/mol.